The third-order valence-electron chi connectivity index (χ3n) is 1.28. The second-order valence-corrected chi connectivity index (χ2v) is 2.97. The van der Waals surface area contributed by atoms with Crippen LogP contribution in [-0.2, 0) is 0 Å². The van der Waals surface area contributed by atoms with E-state index in [4.69, 9.17) is 0 Å². The summed E-state index contributed by atoms with van der Waals surface area (Å²) in [6, 6.07) is 1.78. The molecule has 0 aliphatic rings. The lowest BCUT2D eigenvalue weighted by atomic mass is 10.5. The highest BCUT2D eigenvalue weighted by atomic mass is 32.1. The predicted molar refractivity (Wildman–Crippen MR) is 45.7 cm³/mol. The van der Waals surface area contributed by atoms with Crippen LogP contribution in [0.4, 0.5) is 0 Å². The molecule has 0 spiro atoms. The van der Waals surface area contributed by atoms with Crippen LogP contribution in [0.15, 0.2) is 18.5 Å². The molecule has 2 rings (SSSR count). The molecule has 0 atom stereocenters. The Hall–Kier alpha value is -1.36. The molecule has 2 aromatic rings. The smallest absolute Gasteiger partial charge is 0.190 e. The van der Waals surface area contributed by atoms with E-state index in [9.17, 15) is 0 Å². The first-order chi connectivity index (χ1) is 5.86. The minimum Gasteiger partial charge on any atom is -0.234 e. The van der Waals surface area contributed by atoms with Crippen molar-refractivity contribution in [2.75, 3.05) is 0 Å². The van der Waals surface area contributed by atoms with Crippen molar-refractivity contribution in [3.05, 3.63) is 24.3 Å². The molecule has 60 valence electrons. The van der Waals surface area contributed by atoms with Crippen LogP contribution in [0.1, 0.15) is 5.82 Å². The van der Waals surface area contributed by atoms with Gasteiger partial charge in [0.1, 0.15) is 5.82 Å². The maximum absolute atomic E-state index is 4.16. The zero-order valence-electron chi connectivity index (χ0n) is 6.43. The minimum absolute atomic E-state index is 0.642. The summed E-state index contributed by atoms with van der Waals surface area (Å²) in [5, 5.41) is 0.771. The van der Waals surface area contributed by atoms with Crippen molar-refractivity contribution in [3.63, 3.8) is 0 Å². The van der Waals surface area contributed by atoms with Crippen LogP contribution in [-0.4, -0.2) is 19.3 Å². The van der Waals surface area contributed by atoms with Gasteiger partial charge in [-0.05, 0) is 24.5 Å². The molecule has 0 fully saturated rings. The van der Waals surface area contributed by atoms with Crippen molar-refractivity contribution < 1.29 is 0 Å². The number of hydrogen-bond acceptors (Lipinski definition) is 5. The summed E-state index contributed by atoms with van der Waals surface area (Å²) >= 11 is 1.32. The van der Waals surface area contributed by atoms with Gasteiger partial charge in [-0.2, -0.15) is 4.37 Å². The Bertz CT molecular complexity index is 370. The average molecular weight is 178 g/mol. The summed E-state index contributed by atoms with van der Waals surface area (Å²) in [6.45, 7) is 1.85. The maximum atomic E-state index is 4.16. The Morgan fingerprint density at radius 1 is 1.25 bits per heavy atom. The molecule has 0 bridgehead atoms. The van der Waals surface area contributed by atoms with Gasteiger partial charge in [0.25, 0.3) is 0 Å². The van der Waals surface area contributed by atoms with Crippen molar-refractivity contribution >= 4 is 11.5 Å². The molecule has 0 aliphatic heterocycles. The molecule has 0 unspecified atom stereocenters. The second-order valence-electron chi connectivity index (χ2n) is 2.22. The quantitative estimate of drug-likeness (QED) is 0.660. The first-order valence-corrected chi connectivity index (χ1v) is 4.21. The molecule has 0 amide bonds. The third-order valence-corrected chi connectivity index (χ3v) is 2.09. The SMILES string of the molecule is Cc1nsc(-c2ncccn2)n1. The van der Waals surface area contributed by atoms with E-state index in [0.29, 0.717) is 5.82 Å². The highest BCUT2D eigenvalue weighted by molar-refractivity contribution is 7.09. The van der Waals surface area contributed by atoms with Gasteiger partial charge >= 0.3 is 0 Å². The number of rotatable bonds is 1. The van der Waals surface area contributed by atoms with Crippen LogP contribution in [0.2, 0.25) is 0 Å². The molecule has 0 aromatic carbocycles. The molecule has 0 saturated heterocycles. The average Bonchev–Trinajstić information content (AvgIpc) is 2.54. The molecule has 0 radical (unpaired) electrons. The maximum Gasteiger partial charge on any atom is 0.190 e. The van der Waals surface area contributed by atoms with E-state index in [1.54, 1.807) is 18.5 Å². The summed E-state index contributed by atoms with van der Waals surface area (Å²) < 4.78 is 4.04. The predicted octanol–water partition coefficient (Wildman–Crippen LogP) is 1.30. The van der Waals surface area contributed by atoms with Gasteiger partial charge < -0.3 is 0 Å². The van der Waals surface area contributed by atoms with Gasteiger partial charge in [-0.1, -0.05) is 0 Å². The summed E-state index contributed by atoms with van der Waals surface area (Å²) in [5.41, 5.74) is 0. The molecule has 0 saturated carbocycles. The fraction of sp³-hybridized carbons (Fsp3) is 0.143. The van der Waals surface area contributed by atoms with E-state index in [-0.39, 0.29) is 0 Å². The lowest BCUT2D eigenvalue weighted by Crippen LogP contribution is -1.85. The van der Waals surface area contributed by atoms with Crippen molar-refractivity contribution in [1.82, 2.24) is 19.3 Å². The lowest BCUT2D eigenvalue weighted by Gasteiger charge is -1.89. The molecule has 12 heavy (non-hydrogen) atoms. The summed E-state index contributed by atoms with van der Waals surface area (Å²) in [7, 11) is 0. The van der Waals surface area contributed by atoms with E-state index < -0.39 is 0 Å². The molecular formula is C7H6N4S. The lowest BCUT2D eigenvalue weighted by molar-refractivity contribution is 1.12. The highest BCUT2D eigenvalue weighted by Gasteiger charge is 2.04. The standard InChI is InChI=1S/C7H6N4S/c1-5-10-7(12-11-5)6-8-3-2-4-9-6/h2-4H,1H3. The molecule has 2 aromatic heterocycles. The molecule has 2 heterocycles. The van der Waals surface area contributed by atoms with Crippen molar-refractivity contribution in [3.8, 4) is 10.8 Å². The normalized spacial score (nSPS) is 10.1. The van der Waals surface area contributed by atoms with Crippen LogP contribution in [0.25, 0.3) is 10.8 Å². The highest BCUT2D eigenvalue weighted by Crippen LogP contribution is 2.15. The van der Waals surface area contributed by atoms with Crippen LogP contribution in [0.5, 0.6) is 0 Å². The van der Waals surface area contributed by atoms with E-state index in [1.165, 1.54) is 11.5 Å². The summed E-state index contributed by atoms with van der Waals surface area (Å²) in [5.74, 6) is 1.41. The number of aryl methyl sites for hydroxylation is 1. The fourth-order valence-corrected chi connectivity index (χ4v) is 1.42. The van der Waals surface area contributed by atoms with E-state index in [2.05, 4.69) is 19.3 Å². The Morgan fingerprint density at radius 3 is 2.58 bits per heavy atom. The number of hydrogen-bond donors (Lipinski definition) is 0. The first kappa shape index (κ1) is 7.30. The summed E-state index contributed by atoms with van der Waals surface area (Å²) in [6.07, 6.45) is 3.39. The van der Waals surface area contributed by atoms with Gasteiger partial charge in [0.15, 0.2) is 10.8 Å². The van der Waals surface area contributed by atoms with Crippen molar-refractivity contribution in [1.29, 1.82) is 0 Å². The van der Waals surface area contributed by atoms with Gasteiger partial charge in [0.2, 0.25) is 0 Å². The van der Waals surface area contributed by atoms with E-state index >= 15 is 0 Å². The zero-order chi connectivity index (χ0) is 8.39. The van der Waals surface area contributed by atoms with Gasteiger partial charge in [-0.25, -0.2) is 15.0 Å². The number of nitrogens with zero attached hydrogens (tertiary/aromatic N) is 4. The minimum atomic E-state index is 0.642. The van der Waals surface area contributed by atoms with Crippen LogP contribution in [0, 0.1) is 6.92 Å². The first-order valence-electron chi connectivity index (χ1n) is 3.44. The molecule has 5 heteroatoms. The second kappa shape index (κ2) is 2.94. The van der Waals surface area contributed by atoms with Crippen LogP contribution < -0.4 is 0 Å². The van der Waals surface area contributed by atoms with E-state index in [1.807, 2.05) is 6.92 Å². The molecule has 0 N–H and O–H groups in total. The Labute approximate surface area is 73.5 Å². The van der Waals surface area contributed by atoms with Crippen molar-refractivity contribution in [2.24, 2.45) is 0 Å². The van der Waals surface area contributed by atoms with Gasteiger partial charge in [-0.15, -0.1) is 0 Å². The Balaban J connectivity index is 2.45. The fourth-order valence-electron chi connectivity index (χ4n) is 0.797. The van der Waals surface area contributed by atoms with Crippen molar-refractivity contribution in [2.45, 2.75) is 6.92 Å². The molecular weight excluding hydrogens is 172 g/mol. The molecule has 4 nitrogen and oxygen atoms in total. The Morgan fingerprint density at radius 2 is 2.00 bits per heavy atom. The topological polar surface area (TPSA) is 51.6 Å². The van der Waals surface area contributed by atoms with Crippen LogP contribution >= 0.6 is 11.5 Å². The molecule has 0 aliphatic carbocycles. The zero-order valence-corrected chi connectivity index (χ0v) is 7.25. The third kappa shape index (κ3) is 1.31. The van der Waals surface area contributed by atoms with E-state index in [0.717, 1.165) is 10.8 Å². The summed E-state index contributed by atoms with van der Waals surface area (Å²) in [4.78, 5) is 12.3. The van der Waals surface area contributed by atoms with Gasteiger partial charge in [-0.3, -0.25) is 0 Å². The van der Waals surface area contributed by atoms with Gasteiger partial charge in [0.05, 0.1) is 0 Å². The van der Waals surface area contributed by atoms with Gasteiger partial charge in [0, 0.05) is 12.4 Å². The Kier molecular flexibility index (Phi) is 1.79. The monoisotopic (exact) mass is 178 g/mol. The largest absolute Gasteiger partial charge is 0.234 e. The number of aromatic nitrogens is 4. The van der Waals surface area contributed by atoms with Crippen LogP contribution in [0.3, 0.4) is 0 Å².